The predicted octanol–water partition coefficient (Wildman–Crippen LogP) is 3.81. The minimum Gasteiger partial charge on any atom is -0.381 e. The minimum absolute atomic E-state index is 0.0112. The number of ether oxygens (including phenoxy) is 1. The average molecular weight is 274 g/mol. The van der Waals surface area contributed by atoms with Gasteiger partial charge < -0.3 is 10.5 Å². The predicted molar refractivity (Wildman–Crippen MR) is 71.6 cm³/mol. The maximum absolute atomic E-state index is 6.21. The van der Waals surface area contributed by atoms with Crippen LogP contribution in [0, 0.1) is 5.92 Å². The molecule has 1 aromatic rings. The normalized spacial score (nSPS) is 19.2. The molecule has 1 heterocycles. The van der Waals surface area contributed by atoms with E-state index in [4.69, 9.17) is 33.7 Å². The highest BCUT2D eigenvalue weighted by atomic mass is 35.5. The third-order valence-electron chi connectivity index (χ3n) is 3.29. The Balaban J connectivity index is 2.00. The van der Waals surface area contributed by atoms with E-state index in [1.165, 1.54) is 0 Å². The van der Waals surface area contributed by atoms with Crippen molar-refractivity contribution in [2.45, 2.75) is 25.3 Å². The van der Waals surface area contributed by atoms with Crippen molar-refractivity contribution in [1.29, 1.82) is 0 Å². The summed E-state index contributed by atoms with van der Waals surface area (Å²) in [7, 11) is 0. The lowest BCUT2D eigenvalue weighted by atomic mass is 9.90. The summed E-state index contributed by atoms with van der Waals surface area (Å²) in [5.74, 6) is 0.644. The second-order valence-electron chi connectivity index (χ2n) is 4.56. The van der Waals surface area contributed by atoms with Crippen molar-refractivity contribution < 1.29 is 4.74 Å². The molecule has 2 N–H and O–H groups in total. The van der Waals surface area contributed by atoms with Gasteiger partial charge in [0.25, 0.3) is 0 Å². The van der Waals surface area contributed by atoms with E-state index in [0.717, 1.165) is 38.0 Å². The van der Waals surface area contributed by atoms with E-state index in [1.807, 2.05) is 12.1 Å². The quantitative estimate of drug-likeness (QED) is 0.909. The highest BCUT2D eigenvalue weighted by Gasteiger charge is 2.19. The number of rotatable bonds is 3. The summed E-state index contributed by atoms with van der Waals surface area (Å²) in [6.07, 6.45) is 3.16. The van der Waals surface area contributed by atoms with Crippen LogP contribution in [0.1, 0.15) is 30.9 Å². The van der Waals surface area contributed by atoms with Crippen LogP contribution in [0.2, 0.25) is 10.0 Å². The number of halogens is 2. The minimum atomic E-state index is -0.0112. The van der Waals surface area contributed by atoms with E-state index in [2.05, 4.69) is 0 Å². The molecule has 17 heavy (non-hydrogen) atoms. The molecule has 1 aliphatic heterocycles. The van der Waals surface area contributed by atoms with Crippen LogP contribution in [-0.4, -0.2) is 13.2 Å². The van der Waals surface area contributed by atoms with E-state index < -0.39 is 0 Å². The van der Waals surface area contributed by atoms with E-state index in [9.17, 15) is 0 Å². The molecular formula is C13H17Cl2NO. The number of hydrogen-bond acceptors (Lipinski definition) is 2. The zero-order valence-corrected chi connectivity index (χ0v) is 11.2. The molecule has 0 amide bonds. The van der Waals surface area contributed by atoms with Gasteiger partial charge in [0.15, 0.2) is 0 Å². The Bertz CT molecular complexity index is 378. The van der Waals surface area contributed by atoms with Crippen molar-refractivity contribution >= 4 is 23.2 Å². The standard InChI is InChI=1S/C13H17Cl2NO/c14-10-1-2-11(12(15)8-10)13(16)7-9-3-5-17-6-4-9/h1-2,8-9,13H,3-7,16H2. The molecule has 0 aliphatic carbocycles. The van der Waals surface area contributed by atoms with Gasteiger partial charge in [-0.2, -0.15) is 0 Å². The molecule has 2 nitrogen and oxygen atoms in total. The summed E-state index contributed by atoms with van der Waals surface area (Å²) in [5, 5.41) is 1.31. The van der Waals surface area contributed by atoms with E-state index >= 15 is 0 Å². The second kappa shape index (κ2) is 6.05. The van der Waals surface area contributed by atoms with Crippen LogP contribution in [0.4, 0.5) is 0 Å². The van der Waals surface area contributed by atoms with Crippen LogP contribution in [-0.2, 0) is 4.74 Å². The average Bonchev–Trinajstić information content (AvgIpc) is 2.30. The summed E-state index contributed by atoms with van der Waals surface area (Å²) >= 11 is 12.0. The zero-order valence-electron chi connectivity index (χ0n) is 9.66. The van der Waals surface area contributed by atoms with Gasteiger partial charge in [0, 0.05) is 29.3 Å². The monoisotopic (exact) mass is 273 g/mol. The topological polar surface area (TPSA) is 35.2 Å². The first-order valence-electron chi connectivity index (χ1n) is 5.95. The molecule has 1 aliphatic rings. The van der Waals surface area contributed by atoms with Crippen molar-refractivity contribution in [2.24, 2.45) is 11.7 Å². The van der Waals surface area contributed by atoms with Crippen molar-refractivity contribution in [3.63, 3.8) is 0 Å². The summed E-state index contributed by atoms with van der Waals surface area (Å²) < 4.78 is 5.34. The Labute approximate surface area is 112 Å². The molecule has 94 valence electrons. The fraction of sp³-hybridized carbons (Fsp3) is 0.538. The third kappa shape index (κ3) is 3.59. The number of hydrogen-bond donors (Lipinski definition) is 1. The Kier molecular flexibility index (Phi) is 4.69. The lowest BCUT2D eigenvalue weighted by Gasteiger charge is -2.25. The van der Waals surface area contributed by atoms with Gasteiger partial charge in [-0.3, -0.25) is 0 Å². The molecule has 1 atom stereocenters. The fourth-order valence-corrected chi connectivity index (χ4v) is 2.82. The summed E-state index contributed by atoms with van der Waals surface area (Å²) in [6.45, 7) is 1.71. The van der Waals surface area contributed by atoms with Gasteiger partial charge in [-0.15, -0.1) is 0 Å². The van der Waals surface area contributed by atoms with Gasteiger partial charge in [0.05, 0.1) is 0 Å². The van der Waals surface area contributed by atoms with Crippen molar-refractivity contribution in [3.8, 4) is 0 Å². The zero-order chi connectivity index (χ0) is 12.3. The fourth-order valence-electron chi connectivity index (χ4n) is 2.27. The molecule has 0 saturated carbocycles. The smallest absolute Gasteiger partial charge is 0.0468 e. The van der Waals surface area contributed by atoms with Crippen molar-refractivity contribution in [2.75, 3.05) is 13.2 Å². The molecule has 1 aromatic carbocycles. The van der Waals surface area contributed by atoms with Crippen LogP contribution in [0.25, 0.3) is 0 Å². The maximum Gasteiger partial charge on any atom is 0.0468 e. The summed E-state index contributed by atoms with van der Waals surface area (Å²) in [6, 6.07) is 5.51. The van der Waals surface area contributed by atoms with Crippen molar-refractivity contribution in [3.05, 3.63) is 33.8 Å². The van der Waals surface area contributed by atoms with Crippen LogP contribution in [0.15, 0.2) is 18.2 Å². The van der Waals surface area contributed by atoms with Crippen molar-refractivity contribution in [1.82, 2.24) is 0 Å². The second-order valence-corrected chi connectivity index (χ2v) is 5.41. The number of nitrogens with two attached hydrogens (primary N) is 1. The maximum atomic E-state index is 6.21. The van der Waals surface area contributed by atoms with E-state index in [0.29, 0.717) is 16.0 Å². The van der Waals surface area contributed by atoms with Crippen LogP contribution >= 0.6 is 23.2 Å². The molecular weight excluding hydrogens is 257 g/mol. The summed E-state index contributed by atoms with van der Waals surface area (Å²) in [4.78, 5) is 0. The Morgan fingerprint density at radius 3 is 2.65 bits per heavy atom. The van der Waals surface area contributed by atoms with E-state index in [1.54, 1.807) is 6.07 Å². The number of benzene rings is 1. The largest absolute Gasteiger partial charge is 0.381 e. The molecule has 0 aromatic heterocycles. The molecule has 0 radical (unpaired) electrons. The van der Waals surface area contributed by atoms with Gasteiger partial charge in [-0.05, 0) is 42.9 Å². The molecule has 0 spiro atoms. The SMILES string of the molecule is NC(CC1CCOCC1)c1ccc(Cl)cc1Cl. The first-order chi connectivity index (χ1) is 8.16. The Morgan fingerprint density at radius 2 is 2.00 bits per heavy atom. The Hall–Kier alpha value is -0.280. The molecule has 1 saturated heterocycles. The van der Waals surface area contributed by atoms with Gasteiger partial charge in [0.2, 0.25) is 0 Å². The van der Waals surface area contributed by atoms with Crippen LogP contribution < -0.4 is 5.73 Å². The lowest BCUT2D eigenvalue weighted by molar-refractivity contribution is 0.0618. The molecule has 1 fully saturated rings. The highest BCUT2D eigenvalue weighted by molar-refractivity contribution is 6.35. The first kappa shape index (κ1) is 13.2. The molecule has 1 unspecified atom stereocenters. The molecule has 4 heteroatoms. The van der Waals surface area contributed by atoms with E-state index in [-0.39, 0.29) is 6.04 Å². The first-order valence-corrected chi connectivity index (χ1v) is 6.70. The highest BCUT2D eigenvalue weighted by Crippen LogP contribution is 2.31. The lowest BCUT2D eigenvalue weighted by Crippen LogP contribution is -2.21. The summed E-state index contributed by atoms with van der Waals surface area (Å²) in [5.41, 5.74) is 7.20. The Morgan fingerprint density at radius 1 is 1.29 bits per heavy atom. The van der Waals surface area contributed by atoms with Gasteiger partial charge in [-0.1, -0.05) is 29.3 Å². The molecule has 2 rings (SSSR count). The van der Waals surface area contributed by atoms with Crippen LogP contribution in [0.5, 0.6) is 0 Å². The van der Waals surface area contributed by atoms with Gasteiger partial charge in [-0.25, -0.2) is 0 Å². The third-order valence-corrected chi connectivity index (χ3v) is 3.85. The van der Waals surface area contributed by atoms with Gasteiger partial charge in [0.1, 0.15) is 0 Å². The van der Waals surface area contributed by atoms with Gasteiger partial charge >= 0.3 is 0 Å². The van der Waals surface area contributed by atoms with Crippen LogP contribution in [0.3, 0.4) is 0 Å². The molecule has 0 bridgehead atoms.